The predicted molar refractivity (Wildman–Crippen MR) is 139 cm³/mol. The minimum absolute atomic E-state index is 0.00810. The quantitative estimate of drug-likeness (QED) is 0.625. The van der Waals surface area contributed by atoms with Gasteiger partial charge < -0.3 is 20.3 Å². The molecule has 3 heterocycles. The van der Waals surface area contributed by atoms with Crippen LogP contribution in [0.1, 0.15) is 54.6 Å². The normalized spacial score (nSPS) is 24.7. The lowest BCUT2D eigenvalue weighted by atomic mass is 9.99. The molecule has 36 heavy (non-hydrogen) atoms. The van der Waals surface area contributed by atoms with Gasteiger partial charge in [-0.1, -0.05) is 50.8 Å². The maximum Gasteiger partial charge on any atom is 0.255 e. The standard InChI is InChI=1S/C29H36N4O3/c1-19(2)30-25-13-14-32(16-21-7-5-4-6-8-21)18-27(25)36-23-10-11-24-22(15-23)17-33(29(24)35)26-12-9-20(3)31-28(26)34/h4-8,10-11,15,19,25-27,30H,3,9,12-14,16-18H2,1-2H3,(H,31,34)/t25-,26?,27-/m0/s1. The first-order valence-corrected chi connectivity index (χ1v) is 13.0. The summed E-state index contributed by atoms with van der Waals surface area (Å²) in [6, 6.07) is 16.4. The van der Waals surface area contributed by atoms with Gasteiger partial charge in [0.2, 0.25) is 5.91 Å². The van der Waals surface area contributed by atoms with Crippen molar-refractivity contribution in [3.63, 3.8) is 0 Å². The Morgan fingerprint density at radius 1 is 1.14 bits per heavy atom. The molecule has 7 heteroatoms. The molecule has 0 spiro atoms. The summed E-state index contributed by atoms with van der Waals surface area (Å²) < 4.78 is 6.59. The van der Waals surface area contributed by atoms with Crippen LogP contribution in [0.5, 0.6) is 5.75 Å². The Balaban J connectivity index is 1.29. The van der Waals surface area contributed by atoms with Crippen LogP contribution < -0.4 is 15.4 Å². The second kappa shape index (κ2) is 10.4. The topological polar surface area (TPSA) is 73.9 Å². The van der Waals surface area contributed by atoms with E-state index in [4.69, 9.17) is 4.74 Å². The highest BCUT2D eigenvalue weighted by atomic mass is 16.5. The minimum Gasteiger partial charge on any atom is -0.487 e. The Kier molecular flexibility index (Phi) is 7.12. The average Bonchev–Trinajstić information content (AvgIpc) is 3.16. The van der Waals surface area contributed by atoms with Crippen molar-refractivity contribution in [2.75, 3.05) is 13.1 Å². The van der Waals surface area contributed by atoms with Crippen LogP contribution in [0.15, 0.2) is 60.8 Å². The van der Waals surface area contributed by atoms with Gasteiger partial charge >= 0.3 is 0 Å². The fourth-order valence-electron chi connectivity index (χ4n) is 5.58. The number of ether oxygens (including phenoxy) is 1. The third kappa shape index (κ3) is 5.32. The first-order valence-electron chi connectivity index (χ1n) is 13.0. The molecule has 2 saturated heterocycles. The third-order valence-electron chi connectivity index (χ3n) is 7.33. The van der Waals surface area contributed by atoms with Gasteiger partial charge in [0, 0.05) is 49.5 Å². The third-order valence-corrected chi connectivity index (χ3v) is 7.33. The van der Waals surface area contributed by atoms with Gasteiger partial charge in [0.1, 0.15) is 17.9 Å². The summed E-state index contributed by atoms with van der Waals surface area (Å²) >= 11 is 0. The summed E-state index contributed by atoms with van der Waals surface area (Å²) in [4.78, 5) is 29.7. The number of allylic oxidation sites excluding steroid dienone is 1. The summed E-state index contributed by atoms with van der Waals surface area (Å²) in [5, 5.41) is 6.49. The van der Waals surface area contributed by atoms with Crippen molar-refractivity contribution < 1.29 is 14.3 Å². The number of hydrogen-bond donors (Lipinski definition) is 2. The summed E-state index contributed by atoms with van der Waals surface area (Å²) in [6.45, 7) is 11.3. The van der Waals surface area contributed by atoms with E-state index in [0.717, 1.165) is 43.1 Å². The second-order valence-electron chi connectivity index (χ2n) is 10.5. The van der Waals surface area contributed by atoms with Crippen LogP contribution in [0.25, 0.3) is 0 Å². The van der Waals surface area contributed by atoms with Gasteiger partial charge in [-0.2, -0.15) is 0 Å². The molecule has 1 unspecified atom stereocenters. The van der Waals surface area contributed by atoms with Crippen LogP contribution in [-0.4, -0.2) is 58.9 Å². The van der Waals surface area contributed by atoms with Crippen molar-refractivity contribution in [1.82, 2.24) is 20.4 Å². The number of piperidine rings is 2. The number of benzene rings is 2. The van der Waals surface area contributed by atoms with Gasteiger partial charge in [0.25, 0.3) is 5.91 Å². The highest BCUT2D eigenvalue weighted by Crippen LogP contribution is 2.31. The van der Waals surface area contributed by atoms with E-state index in [1.54, 1.807) is 4.90 Å². The Morgan fingerprint density at radius 2 is 1.94 bits per heavy atom. The molecule has 2 amide bonds. The zero-order valence-corrected chi connectivity index (χ0v) is 21.2. The molecule has 3 atom stereocenters. The van der Waals surface area contributed by atoms with Crippen LogP contribution in [0, 0.1) is 0 Å². The number of amides is 2. The number of nitrogens with one attached hydrogen (secondary N) is 2. The molecule has 0 bridgehead atoms. The molecule has 7 nitrogen and oxygen atoms in total. The lowest BCUT2D eigenvalue weighted by Crippen LogP contribution is -2.56. The smallest absolute Gasteiger partial charge is 0.255 e. The molecular formula is C29H36N4O3. The van der Waals surface area contributed by atoms with E-state index >= 15 is 0 Å². The van der Waals surface area contributed by atoms with E-state index in [9.17, 15) is 9.59 Å². The van der Waals surface area contributed by atoms with Crippen LogP contribution in [0.2, 0.25) is 0 Å². The van der Waals surface area contributed by atoms with Crippen LogP contribution >= 0.6 is 0 Å². The van der Waals surface area contributed by atoms with Gasteiger partial charge in [-0.05, 0) is 48.6 Å². The fraction of sp³-hybridized carbons (Fsp3) is 0.448. The number of hydrogen-bond acceptors (Lipinski definition) is 5. The van der Waals surface area contributed by atoms with Crippen molar-refractivity contribution in [2.24, 2.45) is 0 Å². The molecule has 0 aromatic heterocycles. The van der Waals surface area contributed by atoms with Crippen molar-refractivity contribution in [3.05, 3.63) is 77.5 Å². The number of fused-ring (bicyclic) bond motifs is 1. The molecule has 3 aliphatic rings. The van der Waals surface area contributed by atoms with Crippen molar-refractivity contribution >= 4 is 11.8 Å². The van der Waals surface area contributed by atoms with Gasteiger partial charge in [0.05, 0.1) is 0 Å². The lowest BCUT2D eigenvalue weighted by molar-refractivity contribution is -0.126. The van der Waals surface area contributed by atoms with E-state index in [-0.39, 0.29) is 24.0 Å². The average molecular weight is 489 g/mol. The summed E-state index contributed by atoms with van der Waals surface area (Å²) in [5.41, 5.74) is 3.60. The molecule has 3 aliphatic heterocycles. The maximum atomic E-state index is 13.1. The lowest BCUT2D eigenvalue weighted by Gasteiger charge is -2.39. The van der Waals surface area contributed by atoms with E-state index in [1.807, 2.05) is 24.3 Å². The SMILES string of the molecule is C=C1CCC(N2Cc3cc(O[C@H]4CN(Cc5ccccc5)CC[C@@H]4NC(C)C)ccc3C2=O)C(=O)N1. The van der Waals surface area contributed by atoms with Crippen molar-refractivity contribution in [3.8, 4) is 5.75 Å². The predicted octanol–water partition coefficient (Wildman–Crippen LogP) is 3.45. The van der Waals surface area contributed by atoms with E-state index in [0.29, 0.717) is 31.0 Å². The zero-order chi connectivity index (χ0) is 25.2. The first-order chi connectivity index (χ1) is 17.4. The Hall–Kier alpha value is -3.16. The number of carbonyl (C=O) groups is 2. The summed E-state index contributed by atoms with van der Waals surface area (Å²) in [6.07, 6.45) is 2.30. The second-order valence-corrected chi connectivity index (χ2v) is 10.5. The number of rotatable bonds is 7. The summed E-state index contributed by atoms with van der Waals surface area (Å²) in [7, 11) is 0. The Morgan fingerprint density at radius 3 is 2.69 bits per heavy atom. The zero-order valence-electron chi connectivity index (χ0n) is 21.2. The molecule has 5 rings (SSSR count). The molecule has 0 radical (unpaired) electrons. The highest BCUT2D eigenvalue weighted by molar-refractivity contribution is 6.01. The molecule has 190 valence electrons. The minimum atomic E-state index is -0.454. The van der Waals surface area contributed by atoms with E-state index in [1.165, 1.54) is 5.56 Å². The molecular weight excluding hydrogens is 452 g/mol. The molecule has 2 aromatic carbocycles. The van der Waals surface area contributed by atoms with Gasteiger partial charge in [-0.15, -0.1) is 0 Å². The molecule has 0 aliphatic carbocycles. The van der Waals surface area contributed by atoms with Crippen molar-refractivity contribution in [1.29, 1.82) is 0 Å². The summed E-state index contributed by atoms with van der Waals surface area (Å²) in [5.74, 6) is 0.537. The maximum absolute atomic E-state index is 13.1. The van der Waals surface area contributed by atoms with Crippen LogP contribution in [0.4, 0.5) is 0 Å². The van der Waals surface area contributed by atoms with E-state index < -0.39 is 6.04 Å². The molecule has 0 saturated carbocycles. The highest BCUT2D eigenvalue weighted by Gasteiger charge is 2.38. The van der Waals surface area contributed by atoms with E-state index in [2.05, 4.69) is 60.2 Å². The number of carbonyl (C=O) groups excluding carboxylic acids is 2. The Bertz CT molecular complexity index is 1130. The number of likely N-dealkylation sites (tertiary alicyclic amines) is 1. The van der Waals surface area contributed by atoms with Gasteiger partial charge in [-0.25, -0.2) is 0 Å². The fourth-order valence-corrected chi connectivity index (χ4v) is 5.58. The molecule has 2 N–H and O–H groups in total. The van der Waals surface area contributed by atoms with Crippen LogP contribution in [0.3, 0.4) is 0 Å². The first kappa shape index (κ1) is 24.5. The molecule has 2 aromatic rings. The monoisotopic (exact) mass is 488 g/mol. The van der Waals surface area contributed by atoms with Gasteiger partial charge in [0.15, 0.2) is 0 Å². The van der Waals surface area contributed by atoms with Crippen LogP contribution in [-0.2, 0) is 17.9 Å². The number of nitrogens with zero attached hydrogens (tertiary/aromatic N) is 2. The van der Waals surface area contributed by atoms with Crippen molar-refractivity contribution in [2.45, 2.75) is 70.4 Å². The van der Waals surface area contributed by atoms with Gasteiger partial charge in [-0.3, -0.25) is 14.5 Å². The Labute approximate surface area is 213 Å². The largest absolute Gasteiger partial charge is 0.487 e. The molecule has 2 fully saturated rings.